The molecular weight excluding hydrogens is 344 g/mol. The number of hydrogen-bond acceptors (Lipinski definition) is 3. The van der Waals surface area contributed by atoms with Crippen molar-refractivity contribution in [1.82, 2.24) is 10.2 Å². The molecule has 0 bridgehead atoms. The van der Waals surface area contributed by atoms with Crippen LogP contribution in [-0.2, 0) is 6.54 Å². The van der Waals surface area contributed by atoms with Crippen LogP contribution in [0.1, 0.15) is 44.9 Å². The third-order valence-electron chi connectivity index (χ3n) is 5.62. The van der Waals surface area contributed by atoms with Gasteiger partial charge in [-0.3, -0.25) is 4.90 Å². The molecule has 2 aliphatic rings. The minimum Gasteiger partial charge on any atom is -0.311 e. The largest absolute Gasteiger partial charge is 0.311 e. The van der Waals surface area contributed by atoms with Crippen LogP contribution in [0.2, 0.25) is 0 Å². The lowest BCUT2D eigenvalue weighted by molar-refractivity contribution is 0.0174. The van der Waals surface area contributed by atoms with Crippen LogP contribution in [-0.4, -0.2) is 29.6 Å². The number of halogens is 1. The van der Waals surface area contributed by atoms with Crippen LogP contribution in [0.15, 0.2) is 15.9 Å². The molecule has 1 saturated heterocycles. The number of rotatable bonds is 5. The molecule has 2 nitrogen and oxygen atoms in total. The van der Waals surface area contributed by atoms with Crippen LogP contribution in [0.3, 0.4) is 0 Å². The van der Waals surface area contributed by atoms with Gasteiger partial charge in [-0.05, 0) is 59.7 Å². The maximum absolute atomic E-state index is 3.86. The van der Waals surface area contributed by atoms with Crippen molar-refractivity contribution < 1.29 is 0 Å². The van der Waals surface area contributed by atoms with Crippen molar-refractivity contribution in [2.24, 2.45) is 11.8 Å². The fourth-order valence-electron chi connectivity index (χ4n) is 3.60. The molecule has 4 heteroatoms. The number of nitrogens with one attached hydrogen (secondary N) is 1. The molecule has 0 spiro atoms. The van der Waals surface area contributed by atoms with Crippen LogP contribution >= 0.6 is 27.3 Å². The standard InChI is InChI=1S/C17H27BrN2S/c1-4-12(2)15-10-20(9-14-7-8-16(18)21-14)17(3,11-19-15)13-5-6-13/h7-8,12-13,15,19H,4-6,9-11H2,1-3H3. The Morgan fingerprint density at radius 2 is 2.24 bits per heavy atom. The van der Waals surface area contributed by atoms with E-state index in [0.29, 0.717) is 11.6 Å². The topological polar surface area (TPSA) is 15.3 Å². The molecule has 1 aromatic heterocycles. The zero-order valence-electron chi connectivity index (χ0n) is 13.4. The van der Waals surface area contributed by atoms with Gasteiger partial charge in [0.1, 0.15) is 0 Å². The molecule has 3 unspecified atom stereocenters. The first-order valence-electron chi connectivity index (χ1n) is 8.25. The second-order valence-electron chi connectivity index (χ2n) is 7.09. The van der Waals surface area contributed by atoms with Gasteiger partial charge < -0.3 is 5.32 Å². The van der Waals surface area contributed by atoms with Gasteiger partial charge in [0.2, 0.25) is 0 Å². The normalized spacial score (nSPS) is 32.3. The molecular formula is C17H27BrN2S. The molecule has 0 amide bonds. The van der Waals surface area contributed by atoms with E-state index in [0.717, 1.165) is 24.9 Å². The van der Waals surface area contributed by atoms with E-state index in [1.165, 1.54) is 34.5 Å². The monoisotopic (exact) mass is 370 g/mol. The molecule has 1 aliphatic carbocycles. The van der Waals surface area contributed by atoms with Crippen LogP contribution < -0.4 is 5.32 Å². The van der Waals surface area contributed by atoms with E-state index in [2.05, 4.69) is 59.1 Å². The summed E-state index contributed by atoms with van der Waals surface area (Å²) in [6.07, 6.45) is 4.09. The molecule has 1 saturated carbocycles. The molecule has 0 radical (unpaired) electrons. The Hall–Kier alpha value is 0.1000. The summed E-state index contributed by atoms with van der Waals surface area (Å²) in [5.74, 6) is 1.65. The molecule has 2 fully saturated rings. The average Bonchev–Trinajstić information content (AvgIpc) is 3.25. The van der Waals surface area contributed by atoms with Crippen LogP contribution in [0.5, 0.6) is 0 Å². The molecule has 0 aromatic carbocycles. The molecule has 1 aliphatic heterocycles. The van der Waals surface area contributed by atoms with Gasteiger partial charge in [0.05, 0.1) is 3.79 Å². The average molecular weight is 371 g/mol. The number of nitrogens with zero attached hydrogens (tertiary/aromatic N) is 1. The Bertz CT molecular complexity index is 485. The zero-order chi connectivity index (χ0) is 15.0. The summed E-state index contributed by atoms with van der Waals surface area (Å²) in [5, 5.41) is 3.86. The maximum atomic E-state index is 3.86. The second kappa shape index (κ2) is 6.31. The van der Waals surface area contributed by atoms with E-state index in [9.17, 15) is 0 Å². The van der Waals surface area contributed by atoms with Gasteiger partial charge in [0.25, 0.3) is 0 Å². The Morgan fingerprint density at radius 3 is 2.81 bits per heavy atom. The van der Waals surface area contributed by atoms with E-state index < -0.39 is 0 Å². The number of thiophene rings is 1. The van der Waals surface area contributed by atoms with Crippen LogP contribution in [0.4, 0.5) is 0 Å². The smallest absolute Gasteiger partial charge is 0.0701 e. The van der Waals surface area contributed by atoms with Gasteiger partial charge in [-0.2, -0.15) is 0 Å². The summed E-state index contributed by atoms with van der Waals surface area (Å²) in [7, 11) is 0. The SMILES string of the molecule is CCC(C)C1CN(Cc2ccc(Br)s2)C(C)(C2CC2)CN1. The van der Waals surface area contributed by atoms with Gasteiger partial charge in [-0.25, -0.2) is 0 Å². The van der Waals surface area contributed by atoms with Crippen molar-refractivity contribution in [3.63, 3.8) is 0 Å². The minimum absolute atomic E-state index is 0.348. The van der Waals surface area contributed by atoms with Crippen LogP contribution in [0, 0.1) is 11.8 Å². The summed E-state index contributed by atoms with van der Waals surface area (Å²) in [4.78, 5) is 4.26. The third kappa shape index (κ3) is 3.39. The van der Waals surface area contributed by atoms with E-state index in [1.54, 1.807) is 0 Å². The predicted octanol–water partition coefficient (Wildman–Crippen LogP) is 4.50. The van der Waals surface area contributed by atoms with Gasteiger partial charge >= 0.3 is 0 Å². The van der Waals surface area contributed by atoms with Gasteiger partial charge in [0.15, 0.2) is 0 Å². The lowest BCUT2D eigenvalue weighted by Gasteiger charge is -2.50. The molecule has 1 aromatic rings. The maximum Gasteiger partial charge on any atom is 0.0701 e. The fourth-order valence-corrected chi connectivity index (χ4v) is 5.10. The van der Waals surface area contributed by atoms with E-state index in [-0.39, 0.29) is 0 Å². The van der Waals surface area contributed by atoms with Crippen LogP contribution in [0.25, 0.3) is 0 Å². The molecule has 1 N–H and O–H groups in total. The highest BCUT2D eigenvalue weighted by atomic mass is 79.9. The van der Waals surface area contributed by atoms with Crippen molar-refractivity contribution in [1.29, 1.82) is 0 Å². The minimum atomic E-state index is 0.348. The van der Waals surface area contributed by atoms with Crippen molar-refractivity contribution in [3.05, 3.63) is 20.8 Å². The van der Waals surface area contributed by atoms with Crippen molar-refractivity contribution in [2.75, 3.05) is 13.1 Å². The molecule has 3 atom stereocenters. The first kappa shape index (κ1) is 16.0. The van der Waals surface area contributed by atoms with Crippen molar-refractivity contribution in [2.45, 2.75) is 58.2 Å². The molecule has 21 heavy (non-hydrogen) atoms. The predicted molar refractivity (Wildman–Crippen MR) is 94.8 cm³/mol. The summed E-state index contributed by atoms with van der Waals surface area (Å²) in [6, 6.07) is 5.11. The highest BCUT2D eigenvalue weighted by molar-refractivity contribution is 9.11. The number of piperazine rings is 1. The Morgan fingerprint density at radius 1 is 1.48 bits per heavy atom. The lowest BCUT2D eigenvalue weighted by Crippen LogP contribution is -2.65. The first-order valence-corrected chi connectivity index (χ1v) is 9.86. The molecule has 2 heterocycles. The fraction of sp³-hybridized carbons (Fsp3) is 0.765. The lowest BCUT2D eigenvalue weighted by atomic mass is 9.86. The Labute approximate surface area is 141 Å². The van der Waals surface area contributed by atoms with Gasteiger partial charge in [0, 0.05) is 36.1 Å². The number of hydrogen-bond donors (Lipinski definition) is 1. The van der Waals surface area contributed by atoms with Gasteiger partial charge in [-0.1, -0.05) is 20.3 Å². The Kier molecular flexibility index (Phi) is 4.80. The molecule has 3 rings (SSSR count). The summed E-state index contributed by atoms with van der Waals surface area (Å²) < 4.78 is 1.25. The van der Waals surface area contributed by atoms with Crippen molar-refractivity contribution >= 4 is 27.3 Å². The Balaban J connectivity index is 1.76. The third-order valence-corrected chi connectivity index (χ3v) is 7.23. The van der Waals surface area contributed by atoms with E-state index in [4.69, 9.17) is 0 Å². The summed E-state index contributed by atoms with van der Waals surface area (Å²) in [5.41, 5.74) is 0.348. The first-order chi connectivity index (χ1) is 10.0. The zero-order valence-corrected chi connectivity index (χ0v) is 15.8. The van der Waals surface area contributed by atoms with E-state index >= 15 is 0 Å². The van der Waals surface area contributed by atoms with Gasteiger partial charge in [-0.15, -0.1) is 11.3 Å². The quantitative estimate of drug-likeness (QED) is 0.820. The highest BCUT2D eigenvalue weighted by Crippen LogP contribution is 2.45. The summed E-state index contributed by atoms with van der Waals surface area (Å²) >= 11 is 5.48. The van der Waals surface area contributed by atoms with Crippen molar-refractivity contribution in [3.8, 4) is 0 Å². The highest BCUT2D eigenvalue weighted by Gasteiger charge is 2.48. The second-order valence-corrected chi connectivity index (χ2v) is 9.64. The van der Waals surface area contributed by atoms with E-state index in [1.807, 2.05) is 11.3 Å². The molecule has 118 valence electrons. The summed E-state index contributed by atoms with van der Waals surface area (Å²) in [6.45, 7) is 10.6.